The van der Waals surface area contributed by atoms with Gasteiger partial charge in [0, 0.05) is 0 Å². The van der Waals surface area contributed by atoms with Gasteiger partial charge in [-0.05, 0) is 12.1 Å². The van der Waals surface area contributed by atoms with E-state index in [1.165, 1.54) is 0 Å². The minimum absolute atomic E-state index is 0.434. The number of nitrogens with two attached hydrogens (primary N) is 1. The normalized spacial score (nSPS) is 10.3. The van der Waals surface area contributed by atoms with Crippen molar-refractivity contribution in [2.75, 3.05) is 20.0 Å². The van der Waals surface area contributed by atoms with Gasteiger partial charge in [0.05, 0.1) is 36.6 Å². The zero-order chi connectivity index (χ0) is 12.4. The van der Waals surface area contributed by atoms with Gasteiger partial charge >= 0.3 is 0 Å². The van der Waals surface area contributed by atoms with Crippen molar-refractivity contribution >= 4 is 17.4 Å². The molecule has 2 aromatic rings. The Morgan fingerprint density at radius 2 is 2.06 bits per heavy atom. The fourth-order valence-electron chi connectivity index (χ4n) is 1.66. The van der Waals surface area contributed by atoms with Crippen molar-refractivity contribution in [3.05, 3.63) is 23.4 Å². The first-order valence-corrected chi connectivity index (χ1v) is 5.26. The predicted octanol–water partition coefficient (Wildman–Crippen LogP) is 2.33. The lowest BCUT2D eigenvalue weighted by Crippen LogP contribution is -1.95. The third-order valence-corrected chi connectivity index (χ3v) is 2.73. The van der Waals surface area contributed by atoms with Crippen LogP contribution >= 0.6 is 11.6 Å². The van der Waals surface area contributed by atoms with Crippen molar-refractivity contribution in [2.24, 2.45) is 0 Å². The molecule has 0 saturated carbocycles. The van der Waals surface area contributed by atoms with E-state index in [0.717, 1.165) is 0 Å². The van der Waals surface area contributed by atoms with Gasteiger partial charge in [-0.15, -0.1) is 0 Å². The first-order chi connectivity index (χ1) is 8.19. The molecule has 6 heteroatoms. The molecule has 2 rings (SSSR count). The summed E-state index contributed by atoms with van der Waals surface area (Å²) < 4.78 is 10.6. The lowest BCUT2D eigenvalue weighted by molar-refractivity contribution is 0.397. The summed E-state index contributed by atoms with van der Waals surface area (Å²) in [5, 5.41) is 7.03. The molecule has 0 radical (unpaired) electrons. The number of nitrogen functional groups attached to an aromatic ring is 1. The summed E-state index contributed by atoms with van der Waals surface area (Å²) in [5.74, 6) is 1.57. The number of hydrogen-bond donors (Lipinski definition) is 2. The number of H-pyrrole nitrogens is 1. The highest BCUT2D eigenvalue weighted by Crippen LogP contribution is 2.44. The molecule has 1 aromatic carbocycles. The maximum atomic E-state index is 6.08. The van der Waals surface area contributed by atoms with Crippen LogP contribution in [0, 0.1) is 0 Å². The largest absolute Gasteiger partial charge is 0.496 e. The average molecular weight is 254 g/mol. The van der Waals surface area contributed by atoms with E-state index in [4.69, 9.17) is 26.8 Å². The van der Waals surface area contributed by atoms with Gasteiger partial charge in [-0.3, -0.25) is 5.10 Å². The van der Waals surface area contributed by atoms with Crippen molar-refractivity contribution < 1.29 is 9.47 Å². The molecule has 0 bridgehead atoms. The Bertz CT molecular complexity index is 540. The molecular weight excluding hydrogens is 242 g/mol. The van der Waals surface area contributed by atoms with Crippen molar-refractivity contribution in [2.45, 2.75) is 0 Å². The van der Waals surface area contributed by atoms with Crippen LogP contribution in [0.1, 0.15) is 0 Å². The number of hydrogen-bond acceptors (Lipinski definition) is 4. The summed E-state index contributed by atoms with van der Waals surface area (Å²) in [6, 6.07) is 3.46. The molecule has 0 spiro atoms. The number of aromatic nitrogens is 2. The highest BCUT2D eigenvalue weighted by Gasteiger charge is 2.18. The second-order valence-corrected chi connectivity index (χ2v) is 3.76. The number of nitrogens with one attached hydrogen (secondary N) is 1. The number of methoxy groups -OCH3 is 2. The Morgan fingerprint density at radius 1 is 1.29 bits per heavy atom. The monoisotopic (exact) mass is 253 g/mol. The van der Waals surface area contributed by atoms with Gasteiger partial charge in [0.15, 0.2) is 0 Å². The molecule has 17 heavy (non-hydrogen) atoms. The molecule has 0 aliphatic heterocycles. The van der Waals surface area contributed by atoms with Gasteiger partial charge in [-0.2, -0.15) is 5.10 Å². The smallest absolute Gasteiger partial charge is 0.149 e. The number of rotatable bonds is 3. The standard InChI is InChI=1S/C11H12ClN3O2/c1-16-8-4-3-7(12)10(17-2)9(8)6-5-14-15-11(6)13/h3-5H,1-2H3,(H3,13,14,15). The van der Waals surface area contributed by atoms with Gasteiger partial charge in [-0.1, -0.05) is 11.6 Å². The third-order valence-electron chi connectivity index (χ3n) is 2.43. The third kappa shape index (κ3) is 1.89. The second kappa shape index (κ2) is 4.55. The van der Waals surface area contributed by atoms with Crippen LogP contribution in [0.3, 0.4) is 0 Å². The number of benzene rings is 1. The zero-order valence-corrected chi connectivity index (χ0v) is 10.2. The van der Waals surface area contributed by atoms with Crippen LogP contribution in [0.25, 0.3) is 11.1 Å². The van der Waals surface area contributed by atoms with E-state index in [-0.39, 0.29) is 0 Å². The maximum Gasteiger partial charge on any atom is 0.149 e. The topological polar surface area (TPSA) is 73.2 Å². The summed E-state index contributed by atoms with van der Waals surface area (Å²) in [4.78, 5) is 0. The first-order valence-electron chi connectivity index (χ1n) is 4.88. The van der Waals surface area contributed by atoms with Crippen LogP contribution in [0.15, 0.2) is 18.3 Å². The number of ether oxygens (including phenoxy) is 2. The van der Waals surface area contributed by atoms with Crippen molar-refractivity contribution in [1.82, 2.24) is 10.2 Å². The summed E-state index contributed by atoms with van der Waals surface area (Å²) in [6.07, 6.45) is 1.60. The van der Waals surface area contributed by atoms with E-state index in [1.807, 2.05) is 0 Å². The molecule has 90 valence electrons. The number of aromatic amines is 1. The number of halogens is 1. The van der Waals surface area contributed by atoms with E-state index in [1.54, 1.807) is 32.5 Å². The Morgan fingerprint density at radius 3 is 2.59 bits per heavy atom. The molecular formula is C11H12ClN3O2. The fraction of sp³-hybridized carbons (Fsp3) is 0.182. The maximum absolute atomic E-state index is 6.08. The summed E-state index contributed by atoms with van der Waals surface area (Å²) >= 11 is 6.08. The van der Waals surface area contributed by atoms with Crippen LogP contribution in [0.5, 0.6) is 11.5 Å². The zero-order valence-electron chi connectivity index (χ0n) is 9.45. The summed E-state index contributed by atoms with van der Waals surface area (Å²) in [6.45, 7) is 0. The SMILES string of the molecule is COc1ccc(Cl)c(OC)c1-c1cn[nH]c1N. The molecule has 0 fully saturated rings. The van der Waals surface area contributed by atoms with Gasteiger partial charge in [0.25, 0.3) is 0 Å². The molecule has 1 aromatic heterocycles. The van der Waals surface area contributed by atoms with E-state index >= 15 is 0 Å². The van der Waals surface area contributed by atoms with Gasteiger partial charge in [0.2, 0.25) is 0 Å². The lowest BCUT2D eigenvalue weighted by atomic mass is 10.1. The molecule has 0 unspecified atom stereocenters. The van der Waals surface area contributed by atoms with E-state index < -0.39 is 0 Å². The minimum Gasteiger partial charge on any atom is -0.496 e. The quantitative estimate of drug-likeness (QED) is 0.881. The highest BCUT2D eigenvalue weighted by atomic mass is 35.5. The first kappa shape index (κ1) is 11.6. The van der Waals surface area contributed by atoms with E-state index in [2.05, 4.69) is 10.2 Å². The Kier molecular flexibility index (Phi) is 3.10. The van der Waals surface area contributed by atoms with E-state index in [0.29, 0.717) is 33.5 Å². The van der Waals surface area contributed by atoms with E-state index in [9.17, 15) is 0 Å². The molecule has 0 atom stereocenters. The van der Waals surface area contributed by atoms with Crippen LogP contribution in [-0.2, 0) is 0 Å². The Hall–Kier alpha value is -1.88. The molecule has 0 saturated heterocycles. The molecule has 5 nitrogen and oxygen atoms in total. The molecule has 0 aliphatic rings. The number of anilines is 1. The fourth-order valence-corrected chi connectivity index (χ4v) is 1.89. The molecule has 0 amide bonds. The van der Waals surface area contributed by atoms with Gasteiger partial charge < -0.3 is 15.2 Å². The second-order valence-electron chi connectivity index (χ2n) is 3.36. The average Bonchev–Trinajstić information content (AvgIpc) is 2.74. The molecule has 1 heterocycles. The van der Waals surface area contributed by atoms with Gasteiger partial charge in [0.1, 0.15) is 17.3 Å². The van der Waals surface area contributed by atoms with Crippen molar-refractivity contribution in [3.8, 4) is 22.6 Å². The minimum atomic E-state index is 0.434. The Labute approximate surface area is 103 Å². The molecule has 3 N–H and O–H groups in total. The van der Waals surface area contributed by atoms with Crippen LogP contribution in [0.2, 0.25) is 5.02 Å². The summed E-state index contributed by atoms with van der Waals surface area (Å²) in [7, 11) is 3.11. The van der Waals surface area contributed by atoms with Crippen molar-refractivity contribution in [1.29, 1.82) is 0 Å². The molecule has 0 aliphatic carbocycles. The summed E-state index contributed by atoms with van der Waals surface area (Å²) in [5.41, 5.74) is 7.18. The van der Waals surface area contributed by atoms with Crippen LogP contribution in [-0.4, -0.2) is 24.4 Å². The van der Waals surface area contributed by atoms with Crippen LogP contribution in [0.4, 0.5) is 5.82 Å². The predicted molar refractivity (Wildman–Crippen MR) is 66.6 cm³/mol. The van der Waals surface area contributed by atoms with Gasteiger partial charge in [-0.25, -0.2) is 0 Å². The van der Waals surface area contributed by atoms with Crippen molar-refractivity contribution in [3.63, 3.8) is 0 Å². The number of nitrogens with zero attached hydrogens (tertiary/aromatic N) is 1. The lowest BCUT2D eigenvalue weighted by Gasteiger charge is -2.13. The Balaban J connectivity index is 2.73. The highest BCUT2D eigenvalue weighted by molar-refractivity contribution is 6.32. The van der Waals surface area contributed by atoms with Crippen LogP contribution < -0.4 is 15.2 Å².